The third-order valence-corrected chi connectivity index (χ3v) is 9.71. The zero-order chi connectivity index (χ0) is 29.3. The Balaban J connectivity index is 0.000000416. The monoisotopic (exact) mass is 598 g/mol. The van der Waals surface area contributed by atoms with Gasteiger partial charge in [0.2, 0.25) is 0 Å². The fourth-order valence-corrected chi connectivity index (χ4v) is 6.58. The smallest absolute Gasteiger partial charge is 0.338 e. The molecule has 8 nitrogen and oxygen atoms in total. The standard InChI is InChI=1S/C17H26O4S2.C11H12O4S/c1-3-5-6-7-12-22-13-14-23(19,20)16-10-8-15(9-11-16)17(18)21-4-2;1-3-15-11(12)9-5-7-10(8-6-9)16(13,14)4-2/h8-11H,3-7,12-14H2,1-2H3;4-8H,2-3H2,1H3. The van der Waals surface area contributed by atoms with Crippen molar-refractivity contribution in [1.82, 2.24) is 0 Å². The molecule has 39 heavy (non-hydrogen) atoms. The van der Waals surface area contributed by atoms with Gasteiger partial charge in [-0.15, -0.1) is 0 Å². The zero-order valence-electron chi connectivity index (χ0n) is 22.8. The molecule has 0 radical (unpaired) electrons. The van der Waals surface area contributed by atoms with Crippen LogP contribution in [0.2, 0.25) is 0 Å². The van der Waals surface area contributed by atoms with Crippen LogP contribution in [-0.4, -0.2) is 59.2 Å². The molecule has 2 rings (SSSR count). The molecular formula is C28H38O8S3. The molecule has 0 aliphatic carbocycles. The lowest BCUT2D eigenvalue weighted by Crippen LogP contribution is -2.10. The second-order valence-corrected chi connectivity index (χ2v) is 13.4. The molecule has 0 saturated heterocycles. The summed E-state index contributed by atoms with van der Waals surface area (Å²) in [7, 11) is -6.73. The van der Waals surface area contributed by atoms with Gasteiger partial charge in [-0.25, -0.2) is 26.4 Å². The first-order valence-electron chi connectivity index (χ1n) is 12.7. The van der Waals surface area contributed by atoms with Gasteiger partial charge in [0.15, 0.2) is 19.7 Å². The minimum absolute atomic E-state index is 0.107. The first kappa shape index (κ1) is 34.4. The van der Waals surface area contributed by atoms with Gasteiger partial charge in [0.25, 0.3) is 0 Å². The highest BCUT2D eigenvalue weighted by Crippen LogP contribution is 2.16. The van der Waals surface area contributed by atoms with Gasteiger partial charge in [-0.05, 0) is 74.6 Å². The van der Waals surface area contributed by atoms with Crippen LogP contribution in [0.1, 0.15) is 67.2 Å². The summed E-state index contributed by atoms with van der Waals surface area (Å²) in [5, 5.41) is 0.867. The molecule has 11 heteroatoms. The number of carbonyl (C=O) groups excluding carboxylic acids is 2. The number of hydrogen-bond donors (Lipinski definition) is 0. The third-order valence-electron chi connectivity index (χ3n) is 5.28. The lowest BCUT2D eigenvalue weighted by Gasteiger charge is -2.06. The van der Waals surface area contributed by atoms with E-state index < -0.39 is 31.6 Å². The van der Waals surface area contributed by atoms with Gasteiger partial charge in [-0.3, -0.25) is 0 Å². The van der Waals surface area contributed by atoms with Crippen molar-refractivity contribution in [2.75, 3.05) is 30.5 Å². The summed E-state index contributed by atoms with van der Waals surface area (Å²) in [6.07, 6.45) is 4.81. The van der Waals surface area contributed by atoms with E-state index in [0.29, 0.717) is 23.5 Å². The molecule has 2 aromatic carbocycles. The van der Waals surface area contributed by atoms with Gasteiger partial charge in [0.05, 0.1) is 39.9 Å². The lowest BCUT2D eigenvalue weighted by atomic mass is 10.2. The maximum Gasteiger partial charge on any atom is 0.338 e. The molecule has 0 bridgehead atoms. The van der Waals surface area contributed by atoms with Crippen LogP contribution in [0.25, 0.3) is 0 Å². The van der Waals surface area contributed by atoms with E-state index >= 15 is 0 Å². The van der Waals surface area contributed by atoms with Crippen molar-refractivity contribution in [1.29, 1.82) is 0 Å². The van der Waals surface area contributed by atoms with Gasteiger partial charge in [-0.2, -0.15) is 11.8 Å². The molecule has 0 aliphatic heterocycles. The normalized spacial score (nSPS) is 11.2. The minimum Gasteiger partial charge on any atom is -0.462 e. The summed E-state index contributed by atoms with van der Waals surface area (Å²) in [5.74, 6) is 0.847. The molecule has 0 fully saturated rings. The Labute approximate surface area is 237 Å². The number of hydrogen-bond acceptors (Lipinski definition) is 9. The Morgan fingerprint density at radius 2 is 1.23 bits per heavy atom. The molecule has 0 heterocycles. The van der Waals surface area contributed by atoms with E-state index in [1.54, 1.807) is 25.6 Å². The van der Waals surface area contributed by atoms with Crippen LogP contribution in [0.3, 0.4) is 0 Å². The second-order valence-electron chi connectivity index (χ2n) is 8.19. The van der Waals surface area contributed by atoms with Crippen LogP contribution in [0.4, 0.5) is 0 Å². The van der Waals surface area contributed by atoms with Gasteiger partial charge in [0.1, 0.15) is 0 Å². The van der Waals surface area contributed by atoms with E-state index in [1.165, 1.54) is 67.8 Å². The molecule has 0 atom stereocenters. The Morgan fingerprint density at radius 3 is 1.67 bits per heavy atom. The molecule has 0 amide bonds. The summed E-state index contributed by atoms with van der Waals surface area (Å²) in [6, 6.07) is 11.5. The third kappa shape index (κ3) is 12.4. The zero-order valence-corrected chi connectivity index (χ0v) is 25.2. The second kappa shape index (κ2) is 17.9. The topological polar surface area (TPSA) is 121 Å². The Bertz CT molecular complexity index is 1250. The number of unbranched alkanes of at least 4 members (excludes halogenated alkanes) is 3. The Morgan fingerprint density at radius 1 is 0.744 bits per heavy atom. The van der Waals surface area contributed by atoms with Crippen molar-refractivity contribution in [3.05, 3.63) is 71.6 Å². The van der Waals surface area contributed by atoms with Gasteiger partial charge in [-0.1, -0.05) is 32.8 Å². The first-order chi connectivity index (χ1) is 18.5. The number of ether oxygens (including phenoxy) is 2. The summed E-state index contributed by atoms with van der Waals surface area (Å²) in [5.41, 5.74) is 0.695. The molecule has 216 valence electrons. The van der Waals surface area contributed by atoms with Crippen LogP contribution in [0.15, 0.2) is 70.3 Å². The Kier molecular flexibility index (Phi) is 15.8. The van der Waals surface area contributed by atoms with Crippen molar-refractivity contribution in [2.45, 2.75) is 56.2 Å². The quantitative estimate of drug-likeness (QED) is 0.187. The van der Waals surface area contributed by atoms with Crippen molar-refractivity contribution < 1.29 is 35.9 Å². The molecule has 0 N–H and O–H groups in total. The number of esters is 2. The van der Waals surface area contributed by atoms with E-state index in [4.69, 9.17) is 9.47 Å². The van der Waals surface area contributed by atoms with Crippen LogP contribution in [-0.2, 0) is 29.1 Å². The maximum atomic E-state index is 12.2. The first-order valence-corrected chi connectivity index (χ1v) is 17.1. The average Bonchev–Trinajstić information content (AvgIpc) is 2.93. The van der Waals surface area contributed by atoms with Crippen molar-refractivity contribution in [3.63, 3.8) is 0 Å². The molecule has 0 spiro atoms. The molecule has 0 saturated carbocycles. The largest absolute Gasteiger partial charge is 0.462 e. The van der Waals surface area contributed by atoms with Gasteiger partial charge < -0.3 is 9.47 Å². The highest BCUT2D eigenvalue weighted by atomic mass is 32.2. The average molecular weight is 599 g/mol. The lowest BCUT2D eigenvalue weighted by molar-refractivity contribution is 0.0516. The predicted octanol–water partition coefficient (Wildman–Crippen LogP) is 5.73. The van der Waals surface area contributed by atoms with Crippen LogP contribution in [0, 0.1) is 0 Å². The summed E-state index contributed by atoms with van der Waals surface area (Å²) in [4.78, 5) is 23.2. The number of benzene rings is 2. The molecular weight excluding hydrogens is 561 g/mol. The highest BCUT2D eigenvalue weighted by Gasteiger charge is 2.15. The van der Waals surface area contributed by atoms with E-state index in [1.807, 2.05) is 0 Å². The van der Waals surface area contributed by atoms with E-state index in [9.17, 15) is 26.4 Å². The fraction of sp³-hybridized carbons (Fsp3) is 0.429. The van der Waals surface area contributed by atoms with Gasteiger partial charge >= 0.3 is 11.9 Å². The van der Waals surface area contributed by atoms with Crippen LogP contribution < -0.4 is 0 Å². The molecule has 2 aromatic rings. The van der Waals surface area contributed by atoms with Gasteiger partial charge in [0, 0.05) is 11.2 Å². The number of rotatable bonds is 15. The summed E-state index contributed by atoms with van der Waals surface area (Å²) in [6.45, 7) is 9.41. The van der Waals surface area contributed by atoms with Crippen LogP contribution >= 0.6 is 11.8 Å². The predicted molar refractivity (Wildman–Crippen MR) is 156 cm³/mol. The fourth-order valence-electron chi connectivity index (χ4n) is 3.12. The van der Waals surface area contributed by atoms with Crippen LogP contribution in [0.5, 0.6) is 0 Å². The minimum atomic E-state index is -3.44. The van der Waals surface area contributed by atoms with Crippen molar-refractivity contribution >= 4 is 43.4 Å². The summed E-state index contributed by atoms with van der Waals surface area (Å²) >= 11 is 1.69. The maximum absolute atomic E-state index is 12.2. The van der Waals surface area contributed by atoms with E-state index in [-0.39, 0.29) is 22.2 Å². The molecule has 0 aliphatic rings. The van der Waals surface area contributed by atoms with Crippen molar-refractivity contribution in [2.24, 2.45) is 0 Å². The SMILES string of the molecule is C=CS(=O)(=O)c1ccc(C(=O)OCC)cc1.CCCCCCSCCS(=O)(=O)c1ccc(C(=O)OCC)cc1. The highest BCUT2D eigenvalue weighted by molar-refractivity contribution is 8.00. The molecule has 0 unspecified atom stereocenters. The van der Waals surface area contributed by atoms with E-state index in [0.717, 1.165) is 17.6 Å². The van der Waals surface area contributed by atoms with Crippen molar-refractivity contribution in [3.8, 4) is 0 Å². The number of carbonyl (C=O) groups is 2. The van der Waals surface area contributed by atoms with E-state index in [2.05, 4.69) is 13.5 Å². The number of sulfone groups is 2. The Hall–Kier alpha value is -2.63. The number of thioether (sulfide) groups is 1. The molecule has 0 aromatic heterocycles. The summed E-state index contributed by atoms with van der Waals surface area (Å²) < 4.78 is 56.9.